The van der Waals surface area contributed by atoms with E-state index in [2.05, 4.69) is 5.32 Å². The molecule has 0 aromatic heterocycles. The number of rotatable bonds is 6. The number of benzene rings is 1. The number of non-ortho nitro benzene ring substituents is 1. The van der Waals surface area contributed by atoms with Gasteiger partial charge >= 0.3 is 5.97 Å². The number of hydrogen-bond acceptors (Lipinski definition) is 5. The largest absolute Gasteiger partial charge is 0.484 e. The zero-order valence-electron chi connectivity index (χ0n) is 11.8. The fraction of sp³-hybridized carbons (Fsp3) is 0.429. The Balaban J connectivity index is 1.94. The number of carbonyl (C=O) groups excluding carboxylic acids is 1. The lowest BCUT2D eigenvalue weighted by Crippen LogP contribution is -2.53. The van der Waals surface area contributed by atoms with Crippen LogP contribution in [0, 0.1) is 10.1 Å². The molecule has 1 aromatic carbocycles. The van der Waals surface area contributed by atoms with Gasteiger partial charge in [0.25, 0.3) is 11.6 Å². The van der Waals surface area contributed by atoms with E-state index >= 15 is 0 Å². The summed E-state index contributed by atoms with van der Waals surface area (Å²) < 4.78 is 5.18. The zero-order valence-corrected chi connectivity index (χ0v) is 11.8. The van der Waals surface area contributed by atoms with Gasteiger partial charge in [-0.2, -0.15) is 0 Å². The molecule has 0 bridgehead atoms. The minimum atomic E-state index is -1.22. The van der Waals surface area contributed by atoms with Gasteiger partial charge in [0.1, 0.15) is 11.3 Å². The lowest BCUT2D eigenvalue weighted by molar-refractivity contribution is -0.384. The monoisotopic (exact) mass is 308 g/mol. The van der Waals surface area contributed by atoms with Crippen LogP contribution >= 0.6 is 0 Å². The van der Waals surface area contributed by atoms with Crippen molar-refractivity contribution in [3.8, 4) is 5.75 Å². The third-order valence-electron chi connectivity index (χ3n) is 3.64. The van der Waals surface area contributed by atoms with E-state index in [1.807, 2.05) is 0 Å². The maximum absolute atomic E-state index is 11.9. The lowest BCUT2D eigenvalue weighted by Gasteiger charge is -2.25. The Morgan fingerprint density at radius 2 is 2.05 bits per heavy atom. The molecule has 0 radical (unpaired) electrons. The van der Waals surface area contributed by atoms with E-state index in [1.165, 1.54) is 24.3 Å². The average Bonchev–Trinajstić information content (AvgIpc) is 2.95. The first kappa shape index (κ1) is 15.7. The first-order valence-corrected chi connectivity index (χ1v) is 6.85. The Kier molecular flexibility index (Phi) is 4.59. The highest BCUT2D eigenvalue weighted by molar-refractivity contribution is 5.87. The number of nitro benzene ring substituents is 1. The first-order chi connectivity index (χ1) is 10.4. The summed E-state index contributed by atoms with van der Waals surface area (Å²) in [6.07, 6.45) is 2.28. The minimum Gasteiger partial charge on any atom is -0.484 e. The Morgan fingerprint density at radius 3 is 2.64 bits per heavy atom. The van der Waals surface area contributed by atoms with Crippen LogP contribution in [0.3, 0.4) is 0 Å². The van der Waals surface area contributed by atoms with Crippen LogP contribution < -0.4 is 10.1 Å². The second kappa shape index (κ2) is 6.42. The van der Waals surface area contributed by atoms with Gasteiger partial charge in [0.2, 0.25) is 0 Å². The zero-order chi connectivity index (χ0) is 16.2. The summed E-state index contributed by atoms with van der Waals surface area (Å²) in [5.74, 6) is -1.43. The standard InChI is InChI=1S/C14H16N2O6/c17-12(15-14(13(18)19)6-1-2-7-14)9-22-11-5-3-4-10(8-11)16(20)21/h3-5,8H,1-2,6-7,9H2,(H,15,17)(H,18,19). The van der Waals surface area contributed by atoms with Crippen molar-refractivity contribution >= 4 is 17.6 Å². The van der Waals surface area contributed by atoms with Crippen molar-refractivity contribution in [1.29, 1.82) is 0 Å². The summed E-state index contributed by atoms with van der Waals surface area (Å²) >= 11 is 0. The van der Waals surface area contributed by atoms with E-state index in [0.717, 1.165) is 12.8 Å². The molecule has 0 saturated heterocycles. The normalized spacial score (nSPS) is 16.0. The van der Waals surface area contributed by atoms with Crippen LogP contribution in [0.25, 0.3) is 0 Å². The number of nitrogens with zero attached hydrogens (tertiary/aromatic N) is 1. The van der Waals surface area contributed by atoms with Crippen LogP contribution in [0.5, 0.6) is 5.75 Å². The molecule has 0 heterocycles. The van der Waals surface area contributed by atoms with Crippen molar-refractivity contribution < 1.29 is 24.4 Å². The van der Waals surface area contributed by atoms with Crippen LogP contribution in [0.15, 0.2) is 24.3 Å². The summed E-state index contributed by atoms with van der Waals surface area (Å²) in [6, 6.07) is 5.45. The molecule has 1 amide bonds. The molecule has 1 aromatic rings. The van der Waals surface area contributed by atoms with Crippen molar-refractivity contribution in [2.75, 3.05) is 6.61 Å². The number of carboxylic acid groups (broad SMARTS) is 1. The third kappa shape index (κ3) is 3.51. The molecule has 1 aliphatic carbocycles. The molecule has 118 valence electrons. The van der Waals surface area contributed by atoms with E-state index in [0.29, 0.717) is 12.8 Å². The second-order valence-electron chi connectivity index (χ2n) is 5.19. The lowest BCUT2D eigenvalue weighted by atomic mass is 9.98. The third-order valence-corrected chi connectivity index (χ3v) is 3.64. The van der Waals surface area contributed by atoms with Crippen molar-refractivity contribution in [3.63, 3.8) is 0 Å². The van der Waals surface area contributed by atoms with Crippen molar-refractivity contribution in [2.45, 2.75) is 31.2 Å². The molecule has 0 unspecified atom stereocenters. The Morgan fingerprint density at radius 1 is 1.36 bits per heavy atom. The Hall–Kier alpha value is -2.64. The van der Waals surface area contributed by atoms with Crippen LogP contribution in [0.1, 0.15) is 25.7 Å². The highest BCUT2D eigenvalue weighted by atomic mass is 16.6. The highest BCUT2D eigenvalue weighted by Crippen LogP contribution is 2.29. The fourth-order valence-corrected chi connectivity index (χ4v) is 2.51. The summed E-state index contributed by atoms with van der Waals surface area (Å²) in [5, 5.41) is 22.4. The maximum atomic E-state index is 11.9. The number of carbonyl (C=O) groups is 2. The first-order valence-electron chi connectivity index (χ1n) is 6.85. The Labute approximate surface area is 126 Å². The van der Waals surface area contributed by atoms with Crippen molar-refractivity contribution in [1.82, 2.24) is 5.32 Å². The molecule has 0 aliphatic heterocycles. The quantitative estimate of drug-likeness (QED) is 0.607. The van der Waals surface area contributed by atoms with Gasteiger partial charge in [0, 0.05) is 6.07 Å². The molecule has 1 saturated carbocycles. The molecule has 1 aliphatic rings. The van der Waals surface area contributed by atoms with Crippen molar-refractivity contribution in [2.24, 2.45) is 0 Å². The molecule has 1 fully saturated rings. The smallest absolute Gasteiger partial charge is 0.329 e. The molecule has 8 nitrogen and oxygen atoms in total. The SMILES string of the molecule is O=C(COc1cccc([N+](=O)[O-])c1)NC1(C(=O)O)CCCC1. The highest BCUT2D eigenvalue weighted by Gasteiger charge is 2.42. The molecule has 0 atom stereocenters. The molecule has 2 N–H and O–H groups in total. The van der Waals surface area contributed by atoms with Crippen LogP contribution in [0.4, 0.5) is 5.69 Å². The minimum absolute atomic E-state index is 0.143. The predicted molar refractivity (Wildman–Crippen MR) is 75.6 cm³/mol. The van der Waals surface area contributed by atoms with Gasteiger partial charge in [-0.05, 0) is 18.9 Å². The molecule has 0 spiro atoms. The molecule has 2 rings (SSSR count). The topological polar surface area (TPSA) is 119 Å². The van der Waals surface area contributed by atoms with Gasteiger partial charge in [0.15, 0.2) is 6.61 Å². The molecule has 8 heteroatoms. The second-order valence-corrected chi connectivity index (χ2v) is 5.19. The van der Waals surface area contributed by atoms with Crippen LogP contribution in [-0.2, 0) is 9.59 Å². The molecular weight excluding hydrogens is 292 g/mol. The Bertz CT molecular complexity index is 595. The van der Waals surface area contributed by atoms with E-state index in [1.54, 1.807) is 0 Å². The maximum Gasteiger partial charge on any atom is 0.329 e. The summed E-state index contributed by atoms with van der Waals surface area (Å²) in [4.78, 5) is 33.3. The number of nitrogens with one attached hydrogen (secondary N) is 1. The number of aliphatic carboxylic acids is 1. The average molecular weight is 308 g/mol. The molecular formula is C14H16N2O6. The van der Waals surface area contributed by atoms with Gasteiger partial charge in [-0.3, -0.25) is 14.9 Å². The number of amides is 1. The van der Waals surface area contributed by atoms with Gasteiger partial charge in [-0.15, -0.1) is 0 Å². The van der Waals surface area contributed by atoms with Crippen LogP contribution in [0.2, 0.25) is 0 Å². The summed E-state index contributed by atoms with van der Waals surface area (Å²) in [5.41, 5.74) is -1.36. The number of hydrogen-bond donors (Lipinski definition) is 2. The van der Waals surface area contributed by atoms with Crippen LogP contribution in [-0.4, -0.2) is 34.1 Å². The summed E-state index contributed by atoms with van der Waals surface area (Å²) in [7, 11) is 0. The molecule has 22 heavy (non-hydrogen) atoms. The van der Waals surface area contributed by atoms with Gasteiger partial charge < -0.3 is 15.2 Å². The van der Waals surface area contributed by atoms with Crippen molar-refractivity contribution in [3.05, 3.63) is 34.4 Å². The predicted octanol–water partition coefficient (Wildman–Crippen LogP) is 1.49. The van der Waals surface area contributed by atoms with Gasteiger partial charge in [-0.25, -0.2) is 4.79 Å². The van der Waals surface area contributed by atoms with Gasteiger partial charge in [-0.1, -0.05) is 18.9 Å². The van der Waals surface area contributed by atoms with E-state index in [4.69, 9.17) is 4.74 Å². The number of ether oxygens (including phenoxy) is 1. The fourth-order valence-electron chi connectivity index (χ4n) is 2.51. The van der Waals surface area contributed by atoms with E-state index in [9.17, 15) is 24.8 Å². The summed E-state index contributed by atoms with van der Waals surface area (Å²) in [6.45, 7) is -0.393. The van der Waals surface area contributed by atoms with Gasteiger partial charge in [0.05, 0.1) is 11.0 Å². The van der Waals surface area contributed by atoms with E-state index in [-0.39, 0.29) is 11.4 Å². The number of nitro groups is 1. The van der Waals surface area contributed by atoms with E-state index < -0.39 is 28.9 Å². The number of carboxylic acids is 1.